The largest absolute Gasteiger partial charge is 0.352 e. The Hall–Kier alpha value is -1.60. The molecule has 1 fully saturated rings. The molecule has 0 aromatic heterocycles. The Kier molecular flexibility index (Phi) is 6.42. The monoisotopic (exact) mass is 426 g/mol. The van der Waals surface area contributed by atoms with Gasteiger partial charge >= 0.3 is 0 Å². The summed E-state index contributed by atoms with van der Waals surface area (Å²) in [6.07, 6.45) is 1.26. The summed E-state index contributed by atoms with van der Waals surface area (Å²) in [7, 11) is -3.81. The van der Waals surface area contributed by atoms with Gasteiger partial charge in [-0.3, -0.25) is 4.79 Å². The van der Waals surface area contributed by atoms with Crippen molar-refractivity contribution in [1.29, 1.82) is 0 Å². The van der Waals surface area contributed by atoms with Crippen molar-refractivity contribution < 1.29 is 13.2 Å². The Morgan fingerprint density at radius 1 is 1.15 bits per heavy atom. The average molecular weight is 427 g/mol. The molecule has 0 unspecified atom stereocenters. The van der Waals surface area contributed by atoms with Gasteiger partial charge in [0.05, 0.1) is 10.9 Å². The average Bonchev–Trinajstić information content (AvgIpc) is 2.68. The maximum atomic E-state index is 13.0. The number of rotatable bonds is 5. The zero-order valence-corrected chi connectivity index (χ0v) is 16.9. The summed E-state index contributed by atoms with van der Waals surface area (Å²) in [6.45, 7) is 0.905. The lowest BCUT2D eigenvalue weighted by atomic mass is 9.99. The molecule has 0 bridgehead atoms. The van der Waals surface area contributed by atoms with Crippen molar-refractivity contribution >= 4 is 39.1 Å². The number of nitrogens with one attached hydrogen (secondary N) is 1. The van der Waals surface area contributed by atoms with E-state index < -0.39 is 15.9 Å². The van der Waals surface area contributed by atoms with Gasteiger partial charge in [0.15, 0.2) is 0 Å². The highest BCUT2D eigenvalue weighted by atomic mass is 35.5. The molecule has 1 atom stereocenters. The topological polar surface area (TPSA) is 66.5 Å². The van der Waals surface area contributed by atoms with Gasteiger partial charge in [-0.25, -0.2) is 8.42 Å². The van der Waals surface area contributed by atoms with Crippen LogP contribution >= 0.6 is 23.2 Å². The molecule has 144 valence electrons. The number of carbonyl (C=O) groups excluding carboxylic acids is 1. The summed E-state index contributed by atoms with van der Waals surface area (Å²) >= 11 is 12.0. The number of hydrogen-bond donors (Lipinski definition) is 1. The van der Waals surface area contributed by atoms with Crippen molar-refractivity contribution in [1.82, 2.24) is 9.62 Å². The van der Waals surface area contributed by atoms with E-state index in [0.29, 0.717) is 31.0 Å². The van der Waals surface area contributed by atoms with Gasteiger partial charge in [-0.15, -0.1) is 0 Å². The number of sulfonamides is 1. The van der Waals surface area contributed by atoms with E-state index >= 15 is 0 Å². The zero-order valence-electron chi connectivity index (χ0n) is 14.6. The molecule has 1 aliphatic heterocycles. The molecule has 1 amide bonds. The maximum Gasteiger partial charge on any atom is 0.244 e. The molecule has 0 radical (unpaired) electrons. The third-order valence-corrected chi connectivity index (χ3v) is 7.16. The Balaban J connectivity index is 1.69. The lowest BCUT2D eigenvalue weighted by molar-refractivity contribution is -0.126. The number of hydrogen-bond acceptors (Lipinski definition) is 3. The molecule has 1 heterocycles. The fraction of sp³-hybridized carbons (Fsp3) is 0.316. The molecule has 27 heavy (non-hydrogen) atoms. The molecule has 5 nitrogen and oxygen atoms in total. The van der Waals surface area contributed by atoms with E-state index in [1.807, 2.05) is 30.3 Å². The van der Waals surface area contributed by atoms with E-state index in [4.69, 9.17) is 23.2 Å². The summed E-state index contributed by atoms with van der Waals surface area (Å²) in [5.74, 6) is -0.536. The lowest BCUT2D eigenvalue weighted by Crippen LogP contribution is -2.45. The van der Waals surface area contributed by atoms with Crippen LogP contribution < -0.4 is 5.32 Å². The molecular weight excluding hydrogens is 407 g/mol. The van der Waals surface area contributed by atoms with E-state index in [-0.39, 0.29) is 22.4 Å². The van der Waals surface area contributed by atoms with Gasteiger partial charge in [0.2, 0.25) is 15.9 Å². The van der Waals surface area contributed by atoms with Gasteiger partial charge < -0.3 is 5.32 Å². The quantitative estimate of drug-likeness (QED) is 0.791. The van der Waals surface area contributed by atoms with Crippen LogP contribution in [0.4, 0.5) is 0 Å². The lowest BCUT2D eigenvalue weighted by Gasteiger charge is -2.31. The Morgan fingerprint density at radius 2 is 1.89 bits per heavy atom. The molecule has 2 aromatic rings. The molecule has 1 N–H and O–H groups in total. The number of amides is 1. The standard InChI is InChI=1S/C19H20Cl2N2O3S/c20-16-8-9-17(21)18(11-16)27(25,26)23-10-4-7-15(13-23)19(24)22-12-14-5-2-1-3-6-14/h1-3,5-6,8-9,11,15H,4,7,10,12-13H2,(H,22,24)/t15-/m1/s1. The molecular formula is C19H20Cl2N2O3S. The molecule has 3 rings (SSSR count). The van der Waals surface area contributed by atoms with Gasteiger partial charge in [0, 0.05) is 24.7 Å². The first-order valence-corrected chi connectivity index (χ1v) is 10.8. The predicted molar refractivity (Wildman–Crippen MR) is 106 cm³/mol. The van der Waals surface area contributed by atoms with Crippen LogP contribution in [-0.2, 0) is 21.4 Å². The van der Waals surface area contributed by atoms with Crippen molar-refractivity contribution in [2.24, 2.45) is 5.92 Å². The van der Waals surface area contributed by atoms with E-state index in [1.165, 1.54) is 16.4 Å². The van der Waals surface area contributed by atoms with Gasteiger partial charge in [0.25, 0.3) is 0 Å². The van der Waals surface area contributed by atoms with E-state index in [2.05, 4.69) is 5.32 Å². The summed E-state index contributed by atoms with van der Waals surface area (Å²) in [6, 6.07) is 13.9. The van der Waals surface area contributed by atoms with E-state index in [1.54, 1.807) is 6.07 Å². The minimum absolute atomic E-state index is 0.0259. The highest BCUT2D eigenvalue weighted by Gasteiger charge is 2.34. The van der Waals surface area contributed by atoms with Crippen molar-refractivity contribution in [2.75, 3.05) is 13.1 Å². The first-order chi connectivity index (χ1) is 12.9. The van der Waals surface area contributed by atoms with E-state index in [0.717, 1.165) is 5.56 Å². The van der Waals surface area contributed by atoms with Crippen LogP contribution in [0.25, 0.3) is 0 Å². The molecule has 1 aliphatic rings. The van der Waals surface area contributed by atoms with Crippen molar-refractivity contribution in [3.8, 4) is 0 Å². The molecule has 1 saturated heterocycles. The van der Waals surface area contributed by atoms with Crippen LogP contribution in [0.1, 0.15) is 18.4 Å². The second kappa shape index (κ2) is 8.61. The van der Waals surface area contributed by atoms with Crippen LogP contribution in [0.5, 0.6) is 0 Å². The third-order valence-electron chi connectivity index (χ3n) is 4.58. The smallest absolute Gasteiger partial charge is 0.244 e. The number of piperidine rings is 1. The fourth-order valence-corrected chi connectivity index (χ4v) is 5.38. The summed E-state index contributed by atoms with van der Waals surface area (Å²) < 4.78 is 27.2. The first kappa shape index (κ1) is 20.1. The van der Waals surface area contributed by atoms with E-state index in [9.17, 15) is 13.2 Å². The van der Waals surface area contributed by atoms with Crippen LogP contribution in [-0.4, -0.2) is 31.7 Å². The van der Waals surface area contributed by atoms with Gasteiger partial charge in [-0.05, 0) is 36.6 Å². The van der Waals surface area contributed by atoms with Gasteiger partial charge in [0.1, 0.15) is 4.90 Å². The normalized spacial score (nSPS) is 18.2. The third kappa shape index (κ3) is 4.82. The van der Waals surface area contributed by atoms with Gasteiger partial charge in [-0.1, -0.05) is 53.5 Å². The van der Waals surface area contributed by atoms with Crippen LogP contribution in [0.3, 0.4) is 0 Å². The second-order valence-corrected chi connectivity index (χ2v) is 9.23. The molecule has 0 saturated carbocycles. The minimum Gasteiger partial charge on any atom is -0.352 e. The first-order valence-electron chi connectivity index (χ1n) is 8.65. The van der Waals surface area contributed by atoms with Crippen LogP contribution in [0.2, 0.25) is 10.0 Å². The minimum atomic E-state index is -3.81. The molecule has 2 aromatic carbocycles. The Morgan fingerprint density at radius 3 is 2.63 bits per heavy atom. The Bertz CT molecular complexity index is 920. The van der Waals surface area contributed by atoms with Crippen molar-refractivity contribution in [3.05, 3.63) is 64.1 Å². The molecule has 0 spiro atoms. The molecule has 0 aliphatic carbocycles. The molecule has 8 heteroatoms. The Labute approximate surface area is 169 Å². The summed E-state index contributed by atoms with van der Waals surface area (Å²) in [5.41, 5.74) is 0.997. The number of benzene rings is 2. The zero-order chi connectivity index (χ0) is 19.4. The van der Waals surface area contributed by atoms with Gasteiger partial charge in [-0.2, -0.15) is 4.31 Å². The van der Waals surface area contributed by atoms with Crippen molar-refractivity contribution in [2.45, 2.75) is 24.3 Å². The SMILES string of the molecule is O=C(NCc1ccccc1)[C@@H]1CCCN(S(=O)(=O)c2cc(Cl)ccc2Cl)C1. The fourth-order valence-electron chi connectivity index (χ4n) is 3.12. The highest BCUT2D eigenvalue weighted by Crippen LogP contribution is 2.30. The highest BCUT2D eigenvalue weighted by molar-refractivity contribution is 7.89. The van der Waals surface area contributed by atoms with Crippen LogP contribution in [0, 0.1) is 5.92 Å². The second-order valence-electron chi connectivity index (χ2n) is 6.48. The number of carbonyl (C=O) groups is 1. The summed E-state index contributed by atoms with van der Waals surface area (Å²) in [4.78, 5) is 12.5. The summed E-state index contributed by atoms with van der Waals surface area (Å²) in [5, 5.41) is 3.31. The van der Waals surface area contributed by atoms with Crippen LogP contribution in [0.15, 0.2) is 53.4 Å². The number of nitrogens with zero attached hydrogens (tertiary/aromatic N) is 1. The maximum absolute atomic E-state index is 13.0. The number of halogens is 2. The van der Waals surface area contributed by atoms with Crippen molar-refractivity contribution in [3.63, 3.8) is 0 Å². The predicted octanol–water partition coefficient (Wildman–Crippen LogP) is 3.71.